The quantitative estimate of drug-likeness (QED) is 0.599. The number of nitrogens with zero attached hydrogens (tertiary/aromatic N) is 3. The number of carbonyl (C=O) groups is 1. The van der Waals surface area contributed by atoms with Gasteiger partial charge >= 0.3 is 0 Å². The molecular formula is C17H15Cl2N3O3. The van der Waals surface area contributed by atoms with Gasteiger partial charge in [-0.25, -0.2) is 0 Å². The monoisotopic (exact) mass is 379 g/mol. The van der Waals surface area contributed by atoms with Crippen LogP contribution in [0.2, 0.25) is 10.0 Å². The van der Waals surface area contributed by atoms with Crippen molar-refractivity contribution in [3.8, 4) is 0 Å². The minimum atomic E-state index is -0.484. The second kappa shape index (κ2) is 7.29. The van der Waals surface area contributed by atoms with Gasteiger partial charge in [0.25, 0.3) is 11.6 Å². The molecule has 0 bridgehead atoms. The Morgan fingerprint density at radius 2 is 1.64 bits per heavy atom. The molecule has 0 spiro atoms. The predicted octanol–water partition coefficient (Wildman–Crippen LogP) is 3.86. The first-order valence-corrected chi connectivity index (χ1v) is 8.45. The normalized spacial score (nSPS) is 14.5. The van der Waals surface area contributed by atoms with Crippen molar-refractivity contribution in [2.75, 3.05) is 31.1 Å². The zero-order valence-electron chi connectivity index (χ0n) is 13.2. The van der Waals surface area contributed by atoms with Crippen LogP contribution in [0.15, 0.2) is 42.5 Å². The van der Waals surface area contributed by atoms with Gasteiger partial charge in [0.2, 0.25) is 0 Å². The first kappa shape index (κ1) is 17.5. The minimum Gasteiger partial charge on any atom is -0.367 e. The van der Waals surface area contributed by atoms with Crippen molar-refractivity contribution >= 4 is 40.5 Å². The van der Waals surface area contributed by atoms with Crippen LogP contribution in [0.4, 0.5) is 11.4 Å². The summed E-state index contributed by atoms with van der Waals surface area (Å²) in [6, 6.07) is 11.0. The molecule has 0 aromatic heterocycles. The number of amides is 1. The van der Waals surface area contributed by atoms with Crippen LogP contribution in [-0.2, 0) is 0 Å². The van der Waals surface area contributed by atoms with Crippen molar-refractivity contribution in [3.05, 3.63) is 68.2 Å². The van der Waals surface area contributed by atoms with Crippen molar-refractivity contribution < 1.29 is 9.72 Å². The maximum atomic E-state index is 12.5. The van der Waals surface area contributed by atoms with Crippen molar-refractivity contribution in [1.29, 1.82) is 0 Å². The molecule has 1 heterocycles. The third-order valence-electron chi connectivity index (χ3n) is 4.14. The summed E-state index contributed by atoms with van der Waals surface area (Å²) in [4.78, 5) is 26.6. The van der Waals surface area contributed by atoms with E-state index in [9.17, 15) is 14.9 Å². The SMILES string of the molecule is O=C(c1ccc([N+](=O)[O-])cc1)N1CCN(c2cc(Cl)ccc2Cl)CC1. The number of piperazine rings is 1. The van der Waals surface area contributed by atoms with Gasteiger partial charge in [-0.15, -0.1) is 0 Å². The lowest BCUT2D eigenvalue weighted by atomic mass is 10.1. The number of benzene rings is 2. The molecule has 0 atom stereocenters. The molecule has 2 aromatic carbocycles. The molecule has 0 aliphatic carbocycles. The van der Waals surface area contributed by atoms with Gasteiger partial charge in [-0.05, 0) is 30.3 Å². The molecule has 1 saturated heterocycles. The zero-order chi connectivity index (χ0) is 18.0. The molecule has 0 N–H and O–H groups in total. The summed E-state index contributed by atoms with van der Waals surface area (Å²) in [6.07, 6.45) is 0. The predicted molar refractivity (Wildman–Crippen MR) is 97.7 cm³/mol. The van der Waals surface area contributed by atoms with Gasteiger partial charge in [0, 0.05) is 48.9 Å². The maximum Gasteiger partial charge on any atom is 0.269 e. The average molecular weight is 380 g/mol. The van der Waals surface area contributed by atoms with E-state index in [2.05, 4.69) is 4.90 Å². The summed E-state index contributed by atoms with van der Waals surface area (Å²) in [7, 11) is 0. The Morgan fingerprint density at radius 3 is 2.24 bits per heavy atom. The lowest BCUT2D eigenvalue weighted by Crippen LogP contribution is -2.48. The van der Waals surface area contributed by atoms with Gasteiger partial charge < -0.3 is 9.80 Å². The van der Waals surface area contributed by atoms with Crippen LogP contribution in [0.1, 0.15) is 10.4 Å². The Morgan fingerprint density at radius 1 is 1.00 bits per heavy atom. The molecule has 2 aromatic rings. The molecule has 25 heavy (non-hydrogen) atoms. The lowest BCUT2D eigenvalue weighted by Gasteiger charge is -2.36. The molecule has 0 radical (unpaired) electrons. The Bertz CT molecular complexity index is 803. The van der Waals surface area contributed by atoms with Crippen LogP contribution in [0.3, 0.4) is 0 Å². The van der Waals surface area contributed by atoms with Crippen molar-refractivity contribution in [2.45, 2.75) is 0 Å². The lowest BCUT2D eigenvalue weighted by molar-refractivity contribution is -0.384. The van der Waals surface area contributed by atoms with E-state index in [1.807, 2.05) is 6.07 Å². The van der Waals surface area contributed by atoms with Crippen LogP contribution < -0.4 is 4.90 Å². The second-order valence-corrected chi connectivity index (χ2v) is 6.52. The number of nitro benzene ring substituents is 1. The van der Waals surface area contributed by atoms with Crippen LogP contribution in [0.5, 0.6) is 0 Å². The van der Waals surface area contributed by atoms with Crippen LogP contribution >= 0.6 is 23.2 Å². The minimum absolute atomic E-state index is 0.0306. The van der Waals surface area contributed by atoms with Crippen molar-refractivity contribution in [1.82, 2.24) is 4.90 Å². The fourth-order valence-corrected chi connectivity index (χ4v) is 3.19. The molecule has 1 amide bonds. The van der Waals surface area contributed by atoms with Crippen molar-refractivity contribution in [3.63, 3.8) is 0 Å². The summed E-state index contributed by atoms with van der Waals surface area (Å²) in [5, 5.41) is 11.9. The van der Waals surface area contributed by atoms with Crippen LogP contribution in [0.25, 0.3) is 0 Å². The van der Waals surface area contributed by atoms with Crippen molar-refractivity contribution in [2.24, 2.45) is 0 Å². The van der Waals surface area contributed by atoms with Crippen LogP contribution in [0, 0.1) is 10.1 Å². The Hall–Kier alpha value is -2.31. The number of rotatable bonds is 3. The smallest absolute Gasteiger partial charge is 0.269 e. The molecule has 0 saturated carbocycles. The molecule has 0 unspecified atom stereocenters. The first-order valence-electron chi connectivity index (χ1n) is 7.69. The van der Waals surface area contributed by atoms with E-state index in [1.165, 1.54) is 24.3 Å². The number of carbonyl (C=O) groups excluding carboxylic acids is 1. The Balaban J connectivity index is 1.66. The number of nitro groups is 1. The van der Waals surface area contributed by atoms with Gasteiger partial charge in [-0.2, -0.15) is 0 Å². The molecule has 130 valence electrons. The molecule has 1 fully saturated rings. The third kappa shape index (κ3) is 3.86. The van der Waals surface area contributed by atoms with E-state index in [4.69, 9.17) is 23.2 Å². The molecule has 1 aliphatic rings. The van der Waals surface area contributed by atoms with Gasteiger partial charge in [-0.1, -0.05) is 23.2 Å². The number of hydrogen-bond acceptors (Lipinski definition) is 4. The van der Waals surface area contributed by atoms with Crippen LogP contribution in [-0.4, -0.2) is 41.9 Å². The number of halogens is 2. The first-order chi connectivity index (χ1) is 12.0. The number of non-ortho nitro benzene ring substituents is 1. The topological polar surface area (TPSA) is 66.7 Å². The standard InChI is InChI=1S/C17H15Cl2N3O3/c18-13-3-6-15(19)16(11-13)20-7-9-21(10-8-20)17(23)12-1-4-14(5-2-12)22(24)25/h1-6,11H,7-10H2. The molecule has 1 aliphatic heterocycles. The third-order valence-corrected chi connectivity index (χ3v) is 4.70. The largest absolute Gasteiger partial charge is 0.367 e. The highest BCUT2D eigenvalue weighted by atomic mass is 35.5. The molecular weight excluding hydrogens is 365 g/mol. The highest BCUT2D eigenvalue weighted by molar-refractivity contribution is 6.35. The summed E-state index contributed by atoms with van der Waals surface area (Å²) >= 11 is 12.3. The van der Waals surface area contributed by atoms with Gasteiger partial charge in [-0.3, -0.25) is 14.9 Å². The number of hydrogen-bond donors (Lipinski definition) is 0. The Kier molecular flexibility index (Phi) is 5.11. The number of anilines is 1. The average Bonchev–Trinajstić information content (AvgIpc) is 2.63. The molecule has 6 nitrogen and oxygen atoms in total. The van der Waals surface area contributed by atoms with E-state index in [1.54, 1.807) is 17.0 Å². The highest BCUT2D eigenvalue weighted by Crippen LogP contribution is 2.30. The summed E-state index contributed by atoms with van der Waals surface area (Å²) in [5.41, 5.74) is 1.27. The second-order valence-electron chi connectivity index (χ2n) is 5.68. The maximum absolute atomic E-state index is 12.5. The van der Waals surface area contributed by atoms with E-state index < -0.39 is 4.92 Å². The van der Waals surface area contributed by atoms with Gasteiger partial charge in [0.05, 0.1) is 15.6 Å². The highest BCUT2D eigenvalue weighted by Gasteiger charge is 2.23. The molecule has 3 rings (SSSR count). The summed E-state index contributed by atoms with van der Waals surface area (Å²) in [5.74, 6) is -0.133. The van der Waals surface area contributed by atoms with Gasteiger partial charge in [0.1, 0.15) is 0 Å². The van der Waals surface area contributed by atoms with E-state index >= 15 is 0 Å². The fraction of sp³-hybridized carbons (Fsp3) is 0.235. The van der Waals surface area contributed by atoms with E-state index in [-0.39, 0.29) is 11.6 Å². The summed E-state index contributed by atoms with van der Waals surface area (Å²) < 4.78 is 0. The zero-order valence-corrected chi connectivity index (χ0v) is 14.7. The Labute approximate surface area is 154 Å². The van der Waals surface area contributed by atoms with E-state index in [0.717, 1.165) is 5.69 Å². The molecule has 8 heteroatoms. The summed E-state index contributed by atoms with van der Waals surface area (Å²) in [6.45, 7) is 2.36. The fourth-order valence-electron chi connectivity index (χ4n) is 2.79. The van der Waals surface area contributed by atoms with Gasteiger partial charge in [0.15, 0.2) is 0 Å². The van der Waals surface area contributed by atoms with E-state index in [0.29, 0.717) is 41.8 Å².